The SMILES string of the molecule is Cc1cccc2c1CN(c1ccccc1S(=O)(=O)N(C)C)CC2. The van der Waals surface area contributed by atoms with Gasteiger partial charge in [0.2, 0.25) is 10.0 Å². The highest BCUT2D eigenvalue weighted by Crippen LogP contribution is 2.31. The molecule has 0 radical (unpaired) electrons. The second-order valence-corrected chi connectivity index (χ2v) is 8.26. The minimum Gasteiger partial charge on any atom is -0.366 e. The molecule has 1 aliphatic rings. The van der Waals surface area contributed by atoms with Gasteiger partial charge in [0.15, 0.2) is 0 Å². The summed E-state index contributed by atoms with van der Waals surface area (Å²) < 4.78 is 26.5. The molecule has 0 aliphatic carbocycles. The highest BCUT2D eigenvalue weighted by atomic mass is 32.2. The molecule has 0 unspecified atom stereocenters. The molecule has 1 heterocycles. The third-order valence-electron chi connectivity index (χ3n) is 4.47. The smallest absolute Gasteiger partial charge is 0.244 e. The summed E-state index contributed by atoms with van der Waals surface area (Å²) in [7, 11) is -0.310. The first-order valence-electron chi connectivity index (χ1n) is 7.75. The summed E-state index contributed by atoms with van der Waals surface area (Å²) in [6, 6.07) is 13.7. The lowest BCUT2D eigenvalue weighted by molar-refractivity contribution is 0.520. The lowest BCUT2D eigenvalue weighted by atomic mass is 9.95. The lowest BCUT2D eigenvalue weighted by Gasteiger charge is -2.33. The monoisotopic (exact) mass is 330 g/mol. The average Bonchev–Trinajstić information content (AvgIpc) is 2.55. The first kappa shape index (κ1) is 16.0. The Hall–Kier alpha value is -1.85. The zero-order valence-electron chi connectivity index (χ0n) is 13.8. The number of fused-ring (bicyclic) bond motifs is 1. The number of benzene rings is 2. The van der Waals surface area contributed by atoms with Gasteiger partial charge in [0.1, 0.15) is 4.90 Å². The van der Waals surface area contributed by atoms with Gasteiger partial charge >= 0.3 is 0 Å². The van der Waals surface area contributed by atoms with Gasteiger partial charge in [-0.2, -0.15) is 0 Å². The van der Waals surface area contributed by atoms with E-state index in [9.17, 15) is 8.42 Å². The molecule has 0 saturated heterocycles. The standard InChI is InChI=1S/C18H22N2O2S/c1-14-7-6-8-15-11-12-20(13-16(14)15)17-9-4-5-10-18(17)23(21,22)19(2)3/h4-10H,11-13H2,1-3H3. The normalized spacial score (nSPS) is 14.9. The number of aryl methyl sites for hydroxylation is 1. The van der Waals surface area contributed by atoms with Crippen molar-refractivity contribution in [2.24, 2.45) is 0 Å². The largest absolute Gasteiger partial charge is 0.366 e. The minimum absolute atomic E-state index is 0.377. The second kappa shape index (κ2) is 5.98. The Bertz CT molecular complexity index is 829. The maximum absolute atomic E-state index is 12.6. The number of sulfonamides is 1. The van der Waals surface area contributed by atoms with Crippen molar-refractivity contribution in [3.8, 4) is 0 Å². The van der Waals surface area contributed by atoms with E-state index in [1.807, 2.05) is 12.1 Å². The minimum atomic E-state index is -3.45. The zero-order chi connectivity index (χ0) is 16.6. The number of hydrogen-bond donors (Lipinski definition) is 0. The Balaban J connectivity index is 2.04. The van der Waals surface area contributed by atoms with Gasteiger partial charge in [0.25, 0.3) is 0 Å². The van der Waals surface area contributed by atoms with Crippen LogP contribution < -0.4 is 4.90 Å². The van der Waals surface area contributed by atoms with E-state index >= 15 is 0 Å². The summed E-state index contributed by atoms with van der Waals surface area (Å²) in [6.45, 7) is 3.70. The molecule has 3 rings (SSSR count). The summed E-state index contributed by atoms with van der Waals surface area (Å²) in [5.74, 6) is 0. The van der Waals surface area contributed by atoms with Gasteiger partial charge in [-0.25, -0.2) is 12.7 Å². The van der Waals surface area contributed by atoms with Gasteiger partial charge in [-0.1, -0.05) is 30.3 Å². The first-order valence-corrected chi connectivity index (χ1v) is 9.19. The third-order valence-corrected chi connectivity index (χ3v) is 6.33. The van der Waals surface area contributed by atoms with Crippen LogP contribution in [0.4, 0.5) is 5.69 Å². The summed E-state index contributed by atoms with van der Waals surface area (Å²) >= 11 is 0. The molecule has 0 amide bonds. The number of rotatable bonds is 3. The van der Waals surface area contributed by atoms with Gasteiger partial charge in [0.05, 0.1) is 5.69 Å². The molecular formula is C18H22N2O2S. The Morgan fingerprint density at radius 2 is 1.78 bits per heavy atom. The fourth-order valence-electron chi connectivity index (χ4n) is 3.09. The first-order chi connectivity index (χ1) is 10.9. The molecule has 2 aromatic rings. The van der Waals surface area contributed by atoms with Crippen molar-refractivity contribution in [3.05, 3.63) is 59.2 Å². The van der Waals surface area contributed by atoms with Crippen LogP contribution in [-0.2, 0) is 23.0 Å². The van der Waals surface area contributed by atoms with Crippen molar-refractivity contribution >= 4 is 15.7 Å². The molecule has 2 aromatic carbocycles. The second-order valence-electron chi connectivity index (χ2n) is 6.14. The number of anilines is 1. The van der Waals surface area contributed by atoms with Crippen LogP contribution in [0.2, 0.25) is 0 Å². The number of para-hydroxylation sites is 1. The molecule has 122 valence electrons. The van der Waals surface area contributed by atoms with Crippen LogP contribution in [0.3, 0.4) is 0 Å². The van der Waals surface area contributed by atoms with Crippen molar-refractivity contribution in [2.45, 2.75) is 24.8 Å². The molecule has 0 aromatic heterocycles. The van der Waals surface area contributed by atoms with Crippen LogP contribution >= 0.6 is 0 Å². The molecule has 0 N–H and O–H groups in total. The van der Waals surface area contributed by atoms with Gasteiger partial charge in [-0.3, -0.25) is 0 Å². The molecule has 1 aliphatic heterocycles. The summed E-state index contributed by atoms with van der Waals surface area (Å²) in [6.07, 6.45) is 0.938. The van der Waals surface area contributed by atoms with E-state index in [0.29, 0.717) is 4.90 Å². The van der Waals surface area contributed by atoms with Gasteiger partial charge in [-0.05, 0) is 42.2 Å². The lowest BCUT2D eigenvalue weighted by Crippen LogP contribution is -2.33. The van der Waals surface area contributed by atoms with E-state index in [2.05, 4.69) is 30.0 Å². The van der Waals surface area contributed by atoms with Crippen molar-refractivity contribution in [1.29, 1.82) is 0 Å². The van der Waals surface area contributed by atoms with Crippen LogP contribution in [0.15, 0.2) is 47.4 Å². The third kappa shape index (κ3) is 2.86. The van der Waals surface area contributed by atoms with Crippen molar-refractivity contribution < 1.29 is 8.42 Å². The van der Waals surface area contributed by atoms with E-state index < -0.39 is 10.0 Å². The van der Waals surface area contributed by atoms with Crippen LogP contribution in [0, 0.1) is 6.92 Å². The van der Waals surface area contributed by atoms with Crippen LogP contribution in [-0.4, -0.2) is 33.4 Å². The van der Waals surface area contributed by atoms with E-state index in [0.717, 1.165) is 25.2 Å². The van der Waals surface area contributed by atoms with Crippen molar-refractivity contribution in [2.75, 3.05) is 25.5 Å². The zero-order valence-corrected chi connectivity index (χ0v) is 14.6. The van der Waals surface area contributed by atoms with E-state index in [1.165, 1.54) is 21.0 Å². The van der Waals surface area contributed by atoms with E-state index in [-0.39, 0.29) is 0 Å². The Morgan fingerprint density at radius 3 is 2.52 bits per heavy atom. The molecular weight excluding hydrogens is 308 g/mol. The number of nitrogens with zero attached hydrogens (tertiary/aromatic N) is 2. The molecule has 5 heteroatoms. The molecule has 0 spiro atoms. The Kier molecular flexibility index (Phi) is 4.17. The van der Waals surface area contributed by atoms with E-state index in [1.54, 1.807) is 26.2 Å². The molecule has 4 nitrogen and oxygen atoms in total. The number of hydrogen-bond acceptors (Lipinski definition) is 3. The average molecular weight is 330 g/mol. The predicted molar refractivity (Wildman–Crippen MR) is 93.2 cm³/mol. The summed E-state index contributed by atoms with van der Waals surface area (Å²) in [5.41, 5.74) is 4.74. The van der Waals surface area contributed by atoms with E-state index in [4.69, 9.17) is 0 Å². The van der Waals surface area contributed by atoms with Gasteiger partial charge in [0, 0.05) is 27.2 Å². The van der Waals surface area contributed by atoms with Crippen LogP contribution in [0.25, 0.3) is 0 Å². The van der Waals surface area contributed by atoms with Crippen molar-refractivity contribution in [1.82, 2.24) is 4.31 Å². The Labute approximate surface area is 138 Å². The van der Waals surface area contributed by atoms with Crippen molar-refractivity contribution in [3.63, 3.8) is 0 Å². The highest BCUT2D eigenvalue weighted by Gasteiger charge is 2.26. The fourth-order valence-corrected chi connectivity index (χ4v) is 4.19. The van der Waals surface area contributed by atoms with Gasteiger partial charge < -0.3 is 4.90 Å². The maximum Gasteiger partial charge on any atom is 0.244 e. The molecule has 23 heavy (non-hydrogen) atoms. The topological polar surface area (TPSA) is 40.6 Å². The molecule has 0 atom stereocenters. The molecule has 0 saturated carbocycles. The van der Waals surface area contributed by atoms with Gasteiger partial charge in [-0.15, -0.1) is 0 Å². The fraction of sp³-hybridized carbons (Fsp3) is 0.333. The summed E-state index contributed by atoms with van der Waals surface area (Å²) in [5, 5.41) is 0. The summed E-state index contributed by atoms with van der Waals surface area (Å²) in [4.78, 5) is 2.55. The Morgan fingerprint density at radius 1 is 1.04 bits per heavy atom. The highest BCUT2D eigenvalue weighted by molar-refractivity contribution is 7.89. The maximum atomic E-state index is 12.6. The molecule has 0 fully saturated rings. The molecule has 0 bridgehead atoms. The predicted octanol–water partition coefficient (Wildman–Crippen LogP) is 2.81. The van der Waals surface area contributed by atoms with Crippen LogP contribution in [0.1, 0.15) is 16.7 Å². The quantitative estimate of drug-likeness (QED) is 0.869. The van der Waals surface area contributed by atoms with Crippen LogP contribution in [0.5, 0.6) is 0 Å².